The topological polar surface area (TPSA) is 113 Å². The summed E-state index contributed by atoms with van der Waals surface area (Å²) in [5.41, 5.74) is 2.78. The molecule has 0 unspecified atom stereocenters. The largest absolute Gasteiger partial charge is 0.492 e. The molecule has 0 amide bonds. The molecule has 0 saturated heterocycles. The zero-order chi connectivity index (χ0) is 26.0. The van der Waals surface area contributed by atoms with E-state index >= 15 is 0 Å². The van der Waals surface area contributed by atoms with Crippen LogP contribution in [0.1, 0.15) is 63.9 Å². The highest BCUT2D eigenvalue weighted by atomic mass is 16.5. The second-order valence-electron chi connectivity index (χ2n) is 8.15. The second kappa shape index (κ2) is 13.1. The van der Waals surface area contributed by atoms with E-state index in [0.29, 0.717) is 52.3 Å². The fraction of sp³-hybridized carbons (Fsp3) is 0.385. The molecule has 35 heavy (non-hydrogen) atoms. The number of aliphatic imine (C=N–C) groups is 3. The van der Waals surface area contributed by atoms with Crippen molar-refractivity contribution in [2.45, 2.75) is 54.0 Å². The van der Waals surface area contributed by atoms with Gasteiger partial charge < -0.3 is 15.4 Å². The summed E-state index contributed by atoms with van der Waals surface area (Å²) < 4.78 is 5.72. The van der Waals surface area contributed by atoms with Crippen molar-refractivity contribution in [3.05, 3.63) is 47.3 Å². The van der Waals surface area contributed by atoms with E-state index in [4.69, 9.17) is 4.74 Å². The predicted molar refractivity (Wildman–Crippen MR) is 145 cm³/mol. The number of hydrogen-bond donors (Lipinski definition) is 2. The van der Waals surface area contributed by atoms with Gasteiger partial charge in [0.15, 0.2) is 23.2 Å². The van der Waals surface area contributed by atoms with Crippen LogP contribution in [0.5, 0.6) is 5.75 Å². The van der Waals surface area contributed by atoms with E-state index in [-0.39, 0.29) is 11.8 Å². The molecule has 0 aliphatic carbocycles. The molecule has 0 saturated carbocycles. The minimum atomic E-state index is -0.0482. The number of rotatable bonds is 9. The van der Waals surface area contributed by atoms with Crippen LogP contribution in [-0.2, 0) is 0 Å². The smallest absolute Gasteiger partial charge is 0.173 e. The molecule has 2 heterocycles. The molecule has 0 aromatic carbocycles. The van der Waals surface area contributed by atoms with Crippen LogP contribution in [0.2, 0.25) is 0 Å². The molecule has 0 atom stereocenters. The number of anilines is 3. The molecule has 0 fully saturated rings. The number of methoxy groups -OCH3 is 1. The van der Waals surface area contributed by atoms with Gasteiger partial charge in [0.25, 0.3) is 0 Å². The quantitative estimate of drug-likeness (QED) is 0.281. The Balaban J connectivity index is 2.60. The molecule has 0 radical (unpaired) electrons. The zero-order valence-corrected chi connectivity index (χ0v) is 21.8. The number of Topliss-reactive ketones (excluding diaryl/α,β-unsaturated/α-hetero) is 1. The molecule has 2 aromatic heterocycles. The molecule has 2 N–H and O–H groups in total. The Kier molecular flexibility index (Phi) is 10.3. The molecule has 0 spiro atoms. The number of allylic oxidation sites excluding steroid dienone is 1. The lowest BCUT2D eigenvalue weighted by atomic mass is 10.1. The maximum absolute atomic E-state index is 12.7. The summed E-state index contributed by atoms with van der Waals surface area (Å²) in [6, 6.07) is 3.61. The van der Waals surface area contributed by atoms with Gasteiger partial charge in [0.2, 0.25) is 0 Å². The average Bonchev–Trinajstić information content (AvgIpc) is 2.82. The molecule has 0 aliphatic rings. The molecule has 9 heteroatoms. The fourth-order valence-corrected chi connectivity index (χ4v) is 3.19. The lowest BCUT2D eigenvalue weighted by Crippen LogP contribution is -2.13. The van der Waals surface area contributed by atoms with Crippen molar-refractivity contribution >= 4 is 41.0 Å². The van der Waals surface area contributed by atoms with Gasteiger partial charge in [-0.1, -0.05) is 12.5 Å². The first-order valence-corrected chi connectivity index (χ1v) is 11.5. The Hall–Kier alpha value is -3.88. The lowest BCUT2D eigenvalue weighted by Gasteiger charge is -2.17. The van der Waals surface area contributed by atoms with Gasteiger partial charge in [-0.3, -0.25) is 14.8 Å². The Labute approximate surface area is 207 Å². The first-order chi connectivity index (χ1) is 16.7. The molecule has 9 nitrogen and oxygen atoms in total. The number of ether oxygens (including phenoxy) is 1. The summed E-state index contributed by atoms with van der Waals surface area (Å²) in [5, 5.41) is 6.46. The summed E-state index contributed by atoms with van der Waals surface area (Å²) >= 11 is 0. The molecule has 0 bridgehead atoms. The Morgan fingerprint density at radius 1 is 1.23 bits per heavy atom. The van der Waals surface area contributed by atoms with E-state index in [1.165, 1.54) is 0 Å². The van der Waals surface area contributed by atoms with Gasteiger partial charge in [-0.2, -0.15) is 0 Å². The van der Waals surface area contributed by atoms with E-state index in [9.17, 15) is 4.79 Å². The van der Waals surface area contributed by atoms with Crippen molar-refractivity contribution in [2.75, 3.05) is 24.8 Å². The van der Waals surface area contributed by atoms with Crippen molar-refractivity contribution in [1.29, 1.82) is 0 Å². The molecular weight excluding hydrogens is 442 g/mol. The van der Waals surface area contributed by atoms with Gasteiger partial charge in [0.05, 0.1) is 23.9 Å². The first kappa shape index (κ1) is 27.4. The van der Waals surface area contributed by atoms with E-state index in [1.807, 2.05) is 47.6 Å². The van der Waals surface area contributed by atoms with Crippen molar-refractivity contribution in [1.82, 2.24) is 9.97 Å². The number of carbonyl (C=O) groups excluding carboxylic acids is 1. The lowest BCUT2D eigenvalue weighted by molar-refractivity contribution is 0.0988. The number of aromatic nitrogens is 2. The van der Waals surface area contributed by atoms with Crippen LogP contribution in [0.15, 0.2) is 51.2 Å². The van der Waals surface area contributed by atoms with E-state index in [1.54, 1.807) is 44.9 Å². The van der Waals surface area contributed by atoms with Gasteiger partial charge in [0.1, 0.15) is 11.7 Å². The maximum atomic E-state index is 12.7. The summed E-state index contributed by atoms with van der Waals surface area (Å²) in [6.45, 7) is 11.6. The zero-order valence-electron chi connectivity index (χ0n) is 21.8. The Morgan fingerprint density at radius 3 is 2.54 bits per heavy atom. The third kappa shape index (κ3) is 7.56. The Morgan fingerprint density at radius 2 is 1.97 bits per heavy atom. The number of nitrogens with zero attached hydrogens (tertiary/aromatic N) is 5. The van der Waals surface area contributed by atoms with Gasteiger partial charge in [-0.05, 0) is 46.8 Å². The van der Waals surface area contributed by atoms with Gasteiger partial charge in [-0.25, -0.2) is 15.0 Å². The van der Waals surface area contributed by atoms with Crippen LogP contribution in [0, 0.1) is 0 Å². The highest BCUT2D eigenvalue weighted by molar-refractivity contribution is 6.07. The minimum Gasteiger partial charge on any atom is -0.492 e. The van der Waals surface area contributed by atoms with Gasteiger partial charge in [-0.15, -0.1) is 0 Å². The van der Waals surface area contributed by atoms with Crippen molar-refractivity contribution < 1.29 is 9.53 Å². The molecule has 0 aliphatic heterocycles. The van der Waals surface area contributed by atoms with Gasteiger partial charge in [0, 0.05) is 44.2 Å². The number of hydrogen-bond acceptors (Lipinski definition) is 7. The van der Waals surface area contributed by atoms with E-state index < -0.39 is 0 Å². The van der Waals surface area contributed by atoms with Crippen molar-refractivity contribution in [2.24, 2.45) is 15.0 Å². The fourth-order valence-electron chi connectivity index (χ4n) is 3.19. The van der Waals surface area contributed by atoms with E-state index in [0.717, 1.165) is 5.57 Å². The van der Waals surface area contributed by atoms with Crippen LogP contribution < -0.4 is 15.4 Å². The van der Waals surface area contributed by atoms with Crippen LogP contribution in [0.4, 0.5) is 17.3 Å². The summed E-state index contributed by atoms with van der Waals surface area (Å²) in [6.07, 6.45) is 7.14. The summed E-state index contributed by atoms with van der Waals surface area (Å²) in [4.78, 5) is 34.9. The standard InChI is InChI=1S/C26H35N7O2/c1-9-21(34)19-15-30-23(33-22(27-7)13-16(3)4)14-20(19)32-26-24(35-8)18(11-12-29-26)25(28-10-2)31-17(5)6/h10-15,17H,9H2,1-8H3,(H2,27,29,30,32,33). The first-order valence-electron chi connectivity index (χ1n) is 11.5. The third-order valence-electron chi connectivity index (χ3n) is 4.68. The van der Waals surface area contributed by atoms with E-state index in [2.05, 4.69) is 35.6 Å². The highest BCUT2D eigenvalue weighted by Gasteiger charge is 2.19. The molecule has 2 rings (SSSR count). The molecule has 186 valence electrons. The SMILES string of the molecule is CC=NC(=NC(C)C)c1ccnc(Nc2cc(NC(C=C(C)C)=NC)ncc2C(=O)CC)c1OC. The Bertz CT molecular complexity index is 1160. The number of ketones is 1. The minimum absolute atomic E-state index is 0.0424. The van der Waals surface area contributed by atoms with Crippen molar-refractivity contribution in [3.63, 3.8) is 0 Å². The van der Waals surface area contributed by atoms with Gasteiger partial charge >= 0.3 is 0 Å². The number of carbonyl (C=O) groups is 1. The summed E-state index contributed by atoms with van der Waals surface area (Å²) in [5.74, 6) is 2.58. The molecular formula is C26H35N7O2. The second-order valence-corrected chi connectivity index (χ2v) is 8.15. The van der Waals surface area contributed by atoms with Crippen LogP contribution >= 0.6 is 0 Å². The van der Waals surface area contributed by atoms with Crippen LogP contribution in [0.25, 0.3) is 0 Å². The number of nitrogens with one attached hydrogen (secondary N) is 2. The van der Waals surface area contributed by atoms with Crippen molar-refractivity contribution in [3.8, 4) is 5.75 Å². The molecule has 2 aromatic rings. The summed E-state index contributed by atoms with van der Waals surface area (Å²) in [7, 11) is 3.26. The number of pyridine rings is 2. The maximum Gasteiger partial charge on any atom is 0.173 e. The third-order valence-corrected chi connectivity index (χ3v) is 4.68. The predicted octanol–water partition coefficient (Wildman–Crippen LogP) is 5.47. The van der Waals surface area contributed by atoms with Crippen LogP contribution in [0.3, 0.4) is 0 Å². The highest BCUT2D eigenvalue weighted by Crippen LogP contribution is 2.32. The monoisotopic (exact) mass is 477 g/mol. The van der Waals surface area contributed by atoms with Crippen LogP contribution in [-0.4, -0.2) is 53.8 Å². The number of amidine groups is 2. The normalized spacial score (nSPS) is 12.1. The average molecular weight is 478 g/mol.